The summed E-state index contributed by atoms with van der Waals surface area (Å²) >= 11 is 0. The van der Waals surface area contributed by atoms with Crippen molar-refractivity contribution in [1.82, 2.24) is 15.3 Å². The largest absolute Gasteiger partial charge is 0.368 e. The maximum absolute atomic E-state index is 5.82. The minimum Gasteiger partial charge on any atom is -0.368 e. The van der Waals surface area contributed by atoms with Gasteiger partial charge < -0.3 is 21.3 Å². The zero-order chi connectivity index (χ0) is 13.4. The first-order valence-corrected chi connectivity index (χ1v) is 6.98. The van der Waals surface area contributed by atoms with Crippen LogP contribution in [0.2, 0.25) is 0 Å². The van der Waals surface area contributed by atoms with Crippen molar-refractivity contribution in [2.45, 2.75) is 19.9 Å². The Morgan fingerprint density at radius 3 is 2.63 bits per heavy atom. The van der Waals surface area contributed by atoms with Gasteiger partial charge in [0, 0.05) is 38.3 Å². The Morgan fingerprint density at radius 1 is 1.32 bits per heavy atom. The molecule has 1 aromatic heterocycles. The van der Waals surface area contributed by atoms with Crippen LogP contribution >= 0.6 is 0 Å². The van der Waals surface area contributed by atoms with E-state index in [2.05, 4.69) is 39.3 Å². The summed E-state index contributed by atoms with van der Waals surface area (Å²) in [7, 11) is 0. The lowest BCUT2D eigenvalue weighted by Gasteiger charge is -2.20. The summed E-state index contributed by atoms with van der Waals surface area (Å²) in [6.07, 6.45) is 0. The number of hydrogen-bond acceptors (Lipinski definition) is 6. The van der Waals surface area contributed by atoms with E-state index >= 15 is 0 Å². The molecule has 0 aliphatic carbocycles. The van der Waals surface area contributed by atoms with Gasteiger partial charge in [0.25, 0.3) is 0 Å². The Hall–Kier alpha value is -1.56. The first-order valence-electron chi connectivity index (χ1n) is 6.98. The van der Waals surface area contributed by atoms with Gasteiger partial charge in [-0.15, -0.1) is 0 Å². The standard InChI is InChI=1S/C13H22N6/c1-8(2)16-11-3-12(18-13(14)17-11)19-6-9-4-15-5-10(9)7-19/h3,8-10,15H,4-7H2,1-2H3,(H3,14,16,17,18)/t9-,10+. The van der Waals surface area contributed by atoms with E-state index < -0.39 is 0 Å². The van der Waals surface area contributed by atoms with E-state index in [1.165, 1.54) is 0 Å². The van der Waals surface area contributed by atoms with Crippen LogP contribution in [-0.4, -0.2) is 42.2 Å². The third-order valence-electron chi connectivity index (χ3n) is 3.88. The highest BCUT2D eigenvalue weighted by Crippen LogP contribution is 2.30. The van der Waals surface area contributed by atoms with Gasteiger partial charge in [0.1, 0.15) is 11.6 Å². The maximum atomic E-state index is 5.82. The van der Waals surface area contributed by atoms with Gasteiger partial charge in [-0.2, -0.15) is 9.97 Å². The molecule has 0 radical (unpaired) electrons. The highest BCUT2D eigenvalue weighted by atomic mass is 15.3. The molecule has 2 fully saturated rings. The fourth-order valence-corrected chi connectivity index (χ4v) is 3.03. The second kappa shape index (κ2) is 4.85. The molecule has 2 aliphatic heterocycles. The van der Waals surface area contributed by atoms with Crippen molar-refractivity contribution in [3.05, 3.63) is 6.07 Å². The lowest BCUT2D eigenvalue weighted by atomic mass is 10.0. The number of rotatable bonds is 3. The number of nitrogen functional groups attached to an aromatic ring is 1. The topological polar surface area (TPSA) is 79.1 Å². The summed E-state index contributed by atoms with van der Waals surface area (Å²) in [6, 6.07) is 2.34. The smallest absolute Gasteiger partial charge is 0.223 e. The van der Waals surface area contributed by atoms with Crippen LogP contribution in [0.25, 0.3) is 0 Å². The van der Waals surface area contributed by atoms with Crippen LogP contribution in [0.15, 0.2) is 6.07 Å². The van der Waals surface area contributed by atoms with Crippen LogP contribution in [0.1, 0.15) is 13.8 Å². The number of fused-ring (bicyclic) bond motifs is 1. The van der Waals surface area contributed by atoms with Gasteiger partial charge in [0.2, 0.25) is 5.95 Å². The van der Waals surface area contributed by atoms with Gasteiger partial charge in [0.05, 0.1) is 0 Å². The first kappa shape index (κ1) is 12.5. The van der Waals surface area contributed by atoms with Gasteiger partial charge in [-0.1, -0.05) is 0 Å². The molecule has 0 amide bonds. The van der Waals surface area contributed by atoms with Crippen molar-refractivity contribution < 1.29 is 0 Å². The first-order chi connectivity index (χ1) is 9.11. The van der Waals surface area contributed by atoms with E-state index in [1.807, 2.05) is 6.07 Å². The quantitative estimate of drug-likeness (QED) is 0.737. The molecule has 1 aromatic rings. The van der Waals surface area contributed by atoms with Crippen LogP contribution in [0.3, 0.4) is 0 Å². The predicted molar refractivity (Wildman–Crippen MR) is 77.3 cm³/mol. The number of anilines is 3. The van der Waals surface area contributed by atoms with E-state index in [0.29, 0.717) is 12.0 Å². The highest BCUT2D eigenvalue weighted by Gasteiger charge is 2.36. The van der Waals surface area contributed by atoms with E-state index in [-0.39, 0.29) is 0 Å². The molecule has 0 bridgehead atoms. The number of aromatic nitrogens is 2. The summed E-state index contributed by atoms with van der Waals surface area (Å²) in [4.78, 5) is 10.9. The van der Waals surface area contributed by atoms with Gasteiger partial charge in [-0.3, -0.25) is 0 Å². The summed E-state index contributed by atoms with van der Waals surface area (Å²) in [6.45, 7) is 8.55. The average molecular weight is 262 g/mol. The fourth-order valence-electron chi connectivity index (χ4n) is 3.03. The van der Waals surface area contributed by atoms with Crippen LogP contribution in [0, 0.1) is 11.8 Å². The van der Waals surface area contributed by atoms with E-state index in [4.69, 9.17) is 5.73 Å². The molecule has 0 saturated carbocycles. The maximum Gasteiger partial charge on any atom is 0.223 e. The van der Waals surface area contributed by atoms with Crippen molar-refractivity contribution in [2.75, 3.05) is 42.1 Å². The molecule has 2 atom stereocenters. The van der Waals surface area contributed by atoms with Crippen LogP contribution in [0.5, 0.6) is 0 Å². The Kier molecular flexibility index (Phi) is 3.18. The SMILES string of the molecule is CC(C)Nc1cc(N2C[C@H]3CNC[C@H]3C2)nc(N)n1. The number of nitrogens with one attached hydrogen (secondary N) is 2. The third-order valence-corrected chi connectivity index (χ3v) is 3.88. The fraction of sp³-hybridized carbons (Fsp3) is 0.692. The molecule has 19 heavy (non-hydrogen) atoms. The summed E-state index contributed by atoms with van der Waals surface area (Å²) in [5.74, 6) is 3.60. The highest BCUT2D eigenvalue weighted by molar-refractivity contribution is 5.53. The lowest BCUT2D eigenvalue weighted by molar-refractivity contribution is 0.533. The molecule has 104 valence electrons. The number of nitrogens with two attached hydrogens (primary N) is 1. The van der Waals surface area contributed by atoms with Crippen LogP contribution in [0.4, 0.5) is 17.6 Å². The zero-order valence-corrected chi connectivity index (χ0v) is 11.6. The molecule has 3 heterocycles. The molecule has 2 aliphatic rings. The Bertz CT molecular complexity index is 448. The molecule has 3 rings (SSSR count). The van der Waals surface area contributed by atoms with Crippen molar-refractivity contribution >= 4 is 17.6 Å². The average Bonchev–Trinajstić information content (AvgIpc) is 2.86. The molecule has 6 nitrogen and oxygen atoms in total. The van der Waals surface area contributed by atoms with Gasteiger partial charge in [-0.05, 0) is 25.7 Å². The molecular formula is C13H22N6. The molecule has 0 spiro atoms. The Morgan fingerprint density at radius 2 is 2.00 bits per heavy atom. The predicted octanol–water partition coefficient (Wildman–Crippen LogP) is 0.535. The summed E-state index contributed by atoms with van der Waals surface area (Å²) in [5, 5.41) is 6.74. The van der Waals surface area contributed by atoms with Crippen molar-refractivity contribution in [3.63, 3.8) is 0 Å². The third kappa shape index (κ3) is 2.58. The summed E-state index contributed by atoms with van der Waals surface area (Å²) < 4.78 is 0. The Labute approximate surface area is 113 Å². The monoisotopic (exact) mass is 262 g/mol. The molecular weight excluding hydrogens is 240 g/mol. The van der Waals surface area contributed by atoms with Gasteiger partial charge in [-0.25, -0.2) is 0 Å². The Balaban J connectivity index is 1.79. The molecule has 0 aromatic carbocycles. The second-order valence-corrected chi connectivity index (χ2v) is 5.85. The van der Waals surface area contributed by atoms with Crippen molar-refractivity contribution in [1.29, 1.82) is 0 Å². The van der Waals surface area contributed by atoms with E-state index in [1.54, 1.807) is 0 Å². The zero-order valence-electron chi connectivity index (χ0n) is 11.6. The van der Waals surface area contributed by atoms with Gasteiger partial charge in [0.15, 0.2) is 0 Å². The number of nitrogens with zero attached hydrogens (tertiary/aromatic N) is 3. The summed E-state index contributed by atoms with van der Waals surface area (Å²) in [5.41, 5.74) is 5.82. The number of hydrogen-bond donors (Lipinski definition) is 3. The normalized spacial score (nSPS) is 25.9. The van der Waals surface area contributed by atoms with Crippen LogP contribution < -0.4 is 21.3 Å². The van der Waals surface area contributed by atoms with E-state index in [9.17, 15) is 0 Å². The van der Waals surface area contributed by atoms with Crippen molar-refractivity contribution in [3.8, 4) is 0 Å². The molecule has 4 N–H and O–H groups in total. The van der Waals surface area contributed by atoms with E-state index in [0.717, 1.165) is 49.7 Å². The van der Waals surface area contributed by atoms with Crippen molar-refractivity contribution in [2.24, 2.45) is 11.8 Å². The molecule has 2 saturated heterocycles. The lowest BCUT2D eigenvalue weighted by Crippen LogP contribution is -2.26. The molecule has 6 heteroatoms. The minimum atomic E-state index is 0.337. The molecule has 0 unspecified atom stereocenters. The van der Waals surface area contributed by atoms with Crippen LogP contribution in [-0.2, 0) is 0 Å². The minimum absolute atomic E-state index is 0.337. The second-order valence-electron chi connectivity index (χ2n) is 5.85. The van der Waals surface area contributed by atoms with Gasteiger partial charge >= 0.3 is 0 Å².